The van der Waals surface area contributed by atoms with Gasteiger partial charge in [0.2, 0.25) is 11.9 Å². The maximum Gasteiger partial charge on any atom is 0.325 e. The molecule has 0 radical (unpaired) electrons. The quantitative estimate of drug-likeness (QED) is 0.687. The van der Waals surface area contributed by atoms with Crippen LogP contribution in [0.5, 0.6) is 0 Å². The van der Waals surface area contributed by atoms with Crippen LogP contribution in [0.2, 0.25) is 0 Å². The Morgan fingerprint density at radius 3 is 2.95 bits per heavy atom. The molecule has 1 unspecified atom stereocenters. The molecule has 1 amide bonds. The minimum absolute atomic E-state index is 0.140. The number of amides is 1. The Hall–Kier alpha value is -2.51. The van der Waals surface area contributed by atoms with Crippen LogP contribution in [-0.2, 0) is 19.2 Å². The van der Waals surface area contributed by atoms with Crippen molar-refractivity contribution in [2.45, 2.75) is 13.0 Å². The lowest BCUT2D eigenvalue weighted by Crippen LogP contribution is -2.49. The van der Waals surface area contributed by atoms with Crippen molar-refractivity contribution in [3.05, 3.63) is 24.3 Å². The van der Waals surface area contributed by atoms with Crippen molar-refractivity contribution in [3.8, 4) is 0 Å². The normalized spacial score (nSPS) is 18.6. The van der Waals surface area contributed by atoms with Crippen LogP contribution < -0.4 is 0 Å². The summed E-state index contributed by atoms with van der Waals surface area (Å²) in [5, 5.41) is 3.81. The third kappa shape index (κ3) is 2.67. The van der Waals surface area contributed by atoms with Crippen LogP contribution in [-0.4, -0.2) is 52.3 Å². The Balaban J connectivity index is 2.33. The number of oxime groups is 1. The molecule has 100 valence electrons. The molecular weight excluding hydrogens is 252 g/mol. The molecule has 1 aromatic rings. The lowest BCUT2D eigenvalue weighted by molar-refractivity contribution is -0.150. The van der Waals surface area contributed by atoms with E-state index in [0.717, 1.165) is 0 Å². The Labute approximate surface area is 109 Å². The summed E-state index contributed by atoms with van der Waals surface area (Å²) in [4.78, 5) is 37.4. The number of aromatic nitrogens is 2. The monoisotopic (exact) mass is 264 g/mol. The molecular formula is C11H12N4O4. The van der Waals surface area contributed by atoms with Crippen molar-refractivity contribution in [1.29, 1.82) is 0 Å². The first-order valence-corrected chi connectivity index (χ1v) is 5.52. The van der Waals surface area contributed by atoms with Crippen LogP contribution in [0.15, 0.2) is 23.7 Å². The van der Waals surface area contributed by atoms with E-state index in [2.05, 4.69) is 19.9 Å². The van der Waals surface area contributed by atoms with E-state index in [1.54, 1.807) is 6.92 Å². The zero-order valence-corrected chi connectivity index (χ0v) is 10.4. The van der Waals surface area contributed by atoms with Crippen LogP contribution in [0.25, 0.3) is 0 Å². The fourth-order valence-corrected chi connectivity index (χ4v) is 1.49. The molecule has 0 spiro atoms. The van der Waals surface area contributed by atoms with Gasteiger partial charge < -0.3 is 9.57 Å². The highest BCUT2D eigenvalue weighted by atomic mass is 16.6. The topological polar surface area (TPSA) is 94.0 Å². The van der Waals surface area contributed by atoms with Gasteiger partial charge in [0.15, 0.2) is 0 Å². The van der Waals surface area contributed by atoms with E-state index in [1.165, 1.54) is 30.6 Å². The molecule has 0 aromatic carbocycles. The minimum Gasteiger partial charge on any atom is -0.468 e. The van der Waals surface area contributed by atoms with E-state index < -0.39 is 12.1 Å². The summed E-state index contributed by atoms with van der Waals surface area (Å²) in [6.07, 6.45) is 3.61. The Morgan fingerprint density at radius 2 is 2.32 bits per heavy atom. The first-order chi connectivity index (χ1) is 9.13. The summed E-state index contributed by atoms with van der Waals surface area (Å²) in [6, 6.07) is 0. The van der Waals surface area contributed by atoms with Gasteiger partial charge in [0.1, 0.15) is 12.2 Å². The van der Waals surface area contributed by atoms with E-state index >= 15 is 0 Å². The number of hydrogen-bond donors (Lipinski definition) is 0. The van der Waals surface area contributed by atoms with Gasteiger partial charge >= 0.3 is 5.97 Å². The molecule has 0 aliphatic carbocycles. The molecule has 0 saturated heterocycles. The highest BCUT2D eigenvalue weighted by molar-refractivity contribution is 6.09. The molecule has 19 heavy (non-hydrogen) atoms. The first-order valence-electron chi connectivity index (χ1n) is 5.52. The van der Waals surface area contributed by atoms with Crippen molar-refractivity contribution < 1.29 is 19.2 Å². The molecule has 1 atom stereocenters. The first kappa shape index (κ1) is 12.9. The van der Waals surface area contributed by atoms with E-state index in [4.69, 9.17) is 4.84 Å². The Bertz CT molecular complexity index is 517. The fraction of sp³-hybridized carbons (Fsp3) is 0.364. The smallest absolute Gasteiger partial charge is 0.325 e. The zero-order valence-electron chi connectivity index (χ0n) is 10.4. The van der Waals surface area contributed by atoms with E-state index in [0.29, 0.717) is 5.69 Å². The largest absolute Gasteiger partial charge is 0.468 e. The number of nitrogens with zero attached hydrogens (tertiary/aromatic N) is 4. The third-order valence-electron chi connectivity index (χ3n) is 2.47. The van der Waals surface area contributed by atoms with Crippen LogP contribution in [0.3, 0.4) is 0 Å². The summed E-state index contributed by atoms with van der Waals surface area (Å²) in [5.41, 5.74) is 0.339. The second-order valence-electron chi connectivity index (χ2n) is 3.75. The highest BCUT2D eigenvalue weighted by Crippen LogP contribution is 2.13. The van der Waals surface area contributed by atoms with Crippen molar-refractivity contribution in [2.75, 3.05) is 13.7 Å². The summed E-state index contributed by atoms with van der Waals surface area (Å²) in [5.74, 6) is -0.804. The van der Waals surface area contributed by atoms with Crippen molar-refractivity contribution >= 4 is 17.7 Å². The predicted molar refractivity (Wildman–Crippen MR) is 62.8 cm³/mol. The van der Waals surface area contributed by atoms with Crippen molar-refractivity contribution in [3.63, 3.8) is 0 Å². The summed E-state index contributed by atoms with van der Waals surface area (Å²) < 4.78 is 4.56. The molecule has 1 aliphatic rings. The van der Waals surface area contributed by atoms with Gasteiger partial charge in [-0.15, -0.1) is 0 Å². The van der Waals surface area contributed by atoms with Crippen LogP contribution in [0, 0.1) is 0 Å². The van der Waals surface area contributed by atoms with Gasteiger partial charge in [-0.25, -0.2) is 4.98 Å². The van der Waals surface area contributed by atoms with Gasteiger partial charge in [-0.2, -0.15) is 0 Å². The van der Waals surface area contributed by atoms with Crippen molar-refractivity contribution in [2.24, 2.45) is 5.16 Å². The summed E-state index contributed by atoms with van der Waals surface area (Å²) in [6.45, 7) is 1.29. The second kappa shape index (κ2) is 5.42. The predicted octanol–water partition coefficient (Wildman–Crippen LogP) is -0.442. The average molecular weight is 264 g/mol. The number of ether oxygens (including phenoxy) is 1. The molecule has 1 aliphatic heterocycles. The molecule has 2 heterocycles. The SMILES string of the molecule is COC(=O)CN1C(=O)C(C)ON=C1c1cnccn1. The summed E-state index contributed by atoms with van der Waals surface area (Å²) in [7, 11) is 1.25. The zero-order chi connectivity index (χ0) is 13.8. The van der Waals surface area contributed by atoms with Crippen LogP contribution in [0.4, 0.5) is 0 Å². The van der Waals surface area contributed by atoms with Gasteiger partial charge in [0.25, 0.3) is 5.91 Å². The maximum atomic E-state index is 12.0. The molecule has 8 heteroatoms. The fourth-order valence-electron chi connectivity index (χ4n) is 1.49. The number of amidine groups is 1. The van der Waals surface area contributed by atoms with Gasteiger partial charge in [0.05, 0.1) is 13.3 Å². The Kier molecular flexibility index (Phi) is 3.69. The lowest BCUT2D eigenvalue weighted by Gasteiger charge is -2.28. The van der Waals surface area contributed by atoms with Gasteiger partial charge in [0, 0.05) is 12.4 Å². The van der Waals surface area contributed by atoms with Crippen molar-refractivity contribution in [1.82, 2.24) is 14.9 Å². The molecule has 8 nitrogen and oxygen atoms in total. The number of carbonyl (C=O) groups excluding carboxylic acids is 2. The Morgan fingerprint density at radius 1 is 1.53 bits per heavy atom. The van der Waals surface area contributed by atoms with Gasteiger partial charge in [-0.1, -0.05) is 5.16 Å². The van der Waals surface area contributed by atoms with E-state index in [1.807, 2.05) is 0 Å². The average Bonchev–Trinajstić information content (AvgIpc) is 2.45. The van der Waals surface area contributed by atoms with Gasteiger partial charge in [-0.3, -0.25) is 19.5 Å². The number of hydrogen-bond acceptors (Lipinski definition) is 7. The number of rotatable bonds is 3. The third-order valence-corrected chi connectivity index (χ3v) is 2.47. The molecule has 0 N–H and O–H groups in total. The second-order valence-corrected chi connectivity index (χ2v) is 3.75. The standard InChI is InChI=1S/C11H12N4O4/c1-7-11(17)15(6-9(16)18-2)10(14-19-7)8-5-12-3-4-13-8/h3-5,7H,6H2,1-2H3. The minimum atomic E-state index is -0.759. The number of methoxy groups -OCH3 is 1. The molecule has 0 fully saturated rings. The van der Waals surface area contributed by atoms with Crippen LogP contribution >= 0.6 is 0 Å². The number of esters is 1. The molecule has 1 aromatic heterocycles. The number of carbonyl (C=O) groups is 2. The molecule has 0 bridgehead atoms. The molecule has 2 rings (SSSR count). The van der Waals surface area contributed by atoms with Gasteiger partial charge in [-0.05, 0) is 6.92 Å². The maximum absolute atomic E-state index is 12.0. The van der Waals surface area contributed by atoms with Crippen LogP contribution in [0.1, 0.15) is 12.6 Å². The lowest BCUT2D eigenvalue weighted by atomic mass is 10.2. The summed E-state index contributed by atoms with van der Waals surface area (Å²) >= 11 is 0. The van der Waals surface area contributed by atoms with E-state index in [9.17, 15) is 9.59 Å². The highest BCUT2D eigenvalue weighted by Gasteiger charge is 2.34. The van der Waals surface area contributed by atoms with E-state index in [-0.39, 0.29) is 18.3 Å². The molecule has 0 saturated carbocycles.